The molecule has 0 bridgehead atoms. The quantitative estimate of drug-likeness (QED) is 0.0520. The molecule has 1 saturated heterocycles. The van der Waals surface area contributed by atoms with E-state index in [1.165, 1.54) is 25.2 Å². The molecular weight excluding hydrogens is 803 g/mol. The van der Waals surface area contributed by atoms with Crippen LogP contribution < -0.4 is 56.7 Å². The van der Waals surface area contributed by atoms with Crippen LogP contribution in [0.4, 0.5) is 0 Å². The maximum Gasteiger partial charge on any atom is 1.00 e. The second-order valence-corrected chi connectivity index (χ2v) is 16.6. The Morgan fingerprint density at radius 3 is 2.05 bits per heavy atom. The van der Waals surface area contributed by atoms with Crippen LogP contribution in [0.1, 0.15) is 91.2 Å². The Hall–Kier alpha value is -3.48. The maximum absolute atomic E-state index is 13.8. The molecular formula is C40H45ClKN4O10S-. The fourth-order valence-electron chi connectivity index (χ4n) is 5.50. The molecule has 5 rings (SSSR count). The summed E-state index contributed by atoms with van der Waals surface area (Å²) in [5.41, 5.74) is 1.10. The van der Waals surface area contributed by atoms with Crippen molar-refractivity contribution in [1.82, 2.24) is 15.2 Å². The van der Waals surface area contributed by atoms with E-state index in [9.17, 15) is 29.1 Å². The summed E-state index contributed by atoms with van der Waals surface area (Å²) in [5, 5.41) is 16.8. The van der Waals surface area contributed by atoms with Gasteiger partial charge in [-0.15, -0.1) is 0 Å². The fraction of sp³-hybridized carbons (Fsp3) is 0.425. The number of esters is 2. The van der Waals surface area contributed by atoms with Gasteiger partial charge < -0.3 is 39.3 Å². The molecule has 2 N–H and O–H groups in total. The molecule has 1 aromatic heterocycles. The van der Waals surface area contributed by atoms with Gasteiger partial charge in [0.05, 0.1) is 18.2 Å². The van der Waals surface area contributed by atoms with Gasteiger partial charge in [0.2, 0.25) is 5.60 Å². The Labute approximate surface area is 383 Å². The zero-order valence-corrected chi connectivity index (χ0v) is 38.1. The Morgan fingerprint density at radius 2 is 1.60 bits per heavy atom. The molecule has 3 aromatic rings. The van der Waals surface area contributed by atoms with Crippen molar-refractivity contribution in [3.8, 4) is 0 Å². The Balaban J connectivity index is 0.000000995. The van der Waals surface area contributed by atoms with Crippen molar-refractivity contribution in [3.05, 3.63) is 98.6 Å². The van der Waals surface area contributed by atoms with Crippen molar-refractivity contribution >= 4 is 58.9 Å². The van der Waals surface area contributed by atoms with Crippen molar-refractivity contribution in [2.45, 2.75) is 103 Å². The van der Waals surface area contributed by atoms with Gasteiger partial charge in [0, 0.05) is 0 Å². The van der Waals surface area contributed by atoms with Crippen LogP contribution >= 0.6 is 22.9 Å². The first-order valence-electron chi connectivity index (χ1n) is 17.6. The fourth-order valence-corrected chi connectivity index (χ4v) is 6.19. The largest absolute Gasteiger partial charge is 1.00 e. The number of carbonyl (C=O) groups is 4. The van der Waals surface area contributed by atoms with E-state index in [0.717, 1.165) is 22.5 Å². The van der Waals surface area contributed by atoms with E-state index in [-0.39, 0.29) is 84.8 Å². The Bertz CT molecular complexity index is 1920. The molecule has 2 atom stereocenters. The average molecular weight is 848 g/mol. The third-order valence-corrected chi connectivity index (χ3v) is 9.13. The molecule has 2 aliphatic heterocycles. The first-order valence-corrected chi connectivity index (χ1v) is 18.8. The number of hydrogen-bond donors (Lipinski definition) is 2. The Morgan fingerprint density at radius 1 is 1.02 bits per heavy atom. The summed E-state index contributed by atoms with van der Waals surface area (Å²) in [6.07, 6.45) is -0.147. The zero-order chi connectivity index (χ0) is 41.4. The van der Waals surface area contributed by atoms with Gasteiger partial charge in [0.15, 0.2) is 6.10 Å². The summed E-state index contributed by atoms with van der Waals surface area (Å²) >= 11 is 7.21. The van der Waals surface area contributed by atoms with Crippen molar-refractivity contribution in [2.75, 3.05) is 6.61 Å². The number of aliphatic hydroxyl groups excluding tert-OH is 1. The standard InChI is InChI=1S/C35H36ClN4O8S.C5H9O2.K/c1-34(2,3)47-33(45)35(4,5)48-39-26(25-29(36)49-19-37-25)30(42)38-24-23-17-16-22(18-41)27(40(23)31(24)43)32(44)46-28(20-12-8-6-9-13-20)21-14-10-7-11-15-21;1-5(2,3)7-4-6;/h6-15,23-24,28,41H,16-18H2,1-5H3,(H,38,42);1-3H3;/q2*-1;+1/b39-26-;;. The van der Waals surface area contributed by atoms with Crippen LogP contribution in [0.2, 0.25) is 4.34 Å². The number of ether oxygens (including phenoxy) is 3. The summed E-state index contributed by atoms with van der Waals surface area (Å²) in [7, 11) is 0. The SMILES string of the molecule is CC(C)(C)OC(=O)C(C)(C)O/N=C(\C(=O)NC1C(=O)N2C(C(=O)OC(c3ccccc3)c3ccccc3)=C(CO)CCC12)c1n[c-]sc1Cl.CC(C)(C)O[C-]=O.[K+]. The molecule has 0 radical (unpaired) electrons. The predicted molar refractivity (Wildman–Crippen MR) is 207 cm³/mol. The van der Waals surface area contributed by atoms with E-state index in [2.05, 4.69) is 25.7 Å². The zero-order valence-electron chi connectivity index (χ0n) is 33.4. The molecule has 0 spiro atoms. The number of halogens is 1. The molecule has 17 heteroatoms. The molecule has 2 aromatic carbocycles. The van der Waals surface area contributed by atoms with Crippen LogP contribution in [0, 0.1) is 5.51 Å². The van der Waals surface area contributed by atoms with Gasteiger partial charge in [-0.25, -0.2) is 9.59 Å². The van der Waals surface area contributed by atoms with Crippen molar-refractivity contribution in [1.29, 1.82) is 0 Å². The van der Waals surface area contributed by atoms with Crippen molar-refractivity contribution < 1.29 is 99.5 Å². The molecule has 300 valence electrons. The van der Waals surface area contributed by atoms with Crippen LogP contribution in [-0.4, -0.2) is 86.4 Å². The predicted octanol–water partition coefficient (Wildman–Crippen LogP) is 2.38. The summed E-state index contributed by atoms with van der Waals surface area (Å²) in [5.74, 6) is -2.95. The number of nitrogens with one attached hydrogen (secondary N) is 1. The van der Waals surface area contributed by atoms with Crippen LogP contribution in [0.25, 0.3) is 0 Å². The first kappa shape index (κ1) is 47.9. The average Bonchev–Trinajstić information content (AvgIpc) is 3.56. The number of fused-ring (bicyclic) bond motifs is 1. The molecule has 3 heterocycles. The molecule has 0 saturated carbocycles. The first-order chi connectivity index (χ1) is 26.3. The van der Waals surface area contributed by atoms with Crippen molar-refractivity contribution in [3.63, 3.8) is 0 Å². The number of β-lactam (4-membered cyclic amide) rings is 1. The normalized spacial score (nSPS) is 16.9. The smallest absolute Gasteiger partial charge is 0.649 e. The Kier molecular flexibility index (Phi) is 17.2. The third kappa shape index (κ3) is 12.8. The van der Waals surface area contributed by atoms with Gasteiger partial charge in [-0.1, -0.05) is 72.3 Å². The number of benzene rings is 2. The van der Waals surface area contributed by atoms with Crippen LogP contribution in [0.15, 0.2) is 77.1 Å². The summed E-state index contributed by atoms with van der Waals surface area (Å²) < 4.78 is 15.9. The number of aromatic nitrogens is 1. The van der Waals surface area contributed by atoms with Gasteiger partial charge in [-0.05, 0) is 100 Å². The van der Waals surface area contributed by atoms with Crippen LogP contribution in [-0.2, 0) is 43.0 Å². The van der Waals surface area contributed by atoms with E-state index in [0.29, 0.717) is 12.0 Å². The van der Waals surface area contributed by atoms with Gasteiger partial charge in [-0.3, -0.25) is 25.8 Å². The summed E-state index contributed by atoms with van der Waals surface area (Å²) in [6.45, 7) is 14.2. The number of hydrogen-bond acceptors (Lipinski definition) is 13. The summed E-state index contributed by atoms with van der Waals surface area (Å²) in [6, 6.07) is 16.7. The van der Waals surface area contributed by atoms with E-state index in [1.54, 1.807) is 41.5 Å². The van der Waals surface area contributed by atoms with E-state index >= 15 is 0 Å². The van der Waals surface area contributed by atoms with Gasteiger partial charge >= 0.3 is 63.3 Å². The molecule has 2 amide bonds. The number of oxime groups is 1. The molecule has 57 heavy (non-hydrogen) atoms. The van der Waals surface area contributed by atoms with Gasteiger partial charge in [0.25, 0.3) is 11.8 Å². The second-order valence-electron chi connectivity index (χ2n) is 15.3. The number of rotatable bonds is 12. The van der Waals surface area contributed by atoms with Crippen LogP contribution in [0.3, 0.4) is 0 Å². The van der Waals surface area contributed by atoms with Crippen LogP contribution in [0.5, 0.6) is 0 Å². The second kappa shape index (κ2) is 20.5. The minimum absolute atomic E-state index is 0. The van der Waals surface area contributed by atoms with Crippen molar-refractivity contribution in [2.24, 2.45) is 5.16 Å². The maximum atomic E-state index is 13.8. The number of nitrogens with zero attached hydrogens (tertiary/aromatic N) is 3. The number of thiazole rings is 1. The molecule has 1 fully saturated rings. The van der Waals surface area contributed by atoms with Gasteiger partial charge in [-0.2, -0.15) is 11.6 Å². The number of carbonyl (C=O) groups excluding carboxylic acids is 5. The van der Waals surface area contributed by atoms with E-state index < -0.39 is 59.7 Å². The summed E-state index contributed by atoms with van der Waals surface area (Å²) in [4.78, 5) is 74.2. The number of aliphatic hydroxyl groups is 1. The molecule has 14 nitrogen and oxygen atoms in total. The minimum Gasteiger partial charge on any atom is -0.649 e. The molecule has 2 aliphatic rings. The monoisotopic (exact) mass is 847 g/mol. The number of amides is 2. The minimum atomic E-state index is -1.60. The van der Waals surface area contributed by atoms with Gasteiger partial charge in [0.1, 0.15) is 23.1 Å². The molecule has 2 unspecified atom stereocenters. The molecule has 0 aliphatic carbocycles. The topological polar surface area (TPSA) is 183 Å². The van der Waals surface area contributed by atoms with E-state index in [1.807, 2.05) is 60.7 Å². The van der Waals surface area contributed by atoms with E-state index in [4.69, 9.17) is 25.9 Å². The third-order valence-electron chi connectivity index (χ3n) is 8.16.